The van der Waals surface area contributed by atoms with Crippen LogP contribution >= 0.6 is 11.6 Å². The number of nitrogens with one attached hydrogen (secondary N) is 1. The second-order valence-corrected chi connectivity index (χ2v) is 6.68. The molecule has 0 unspecified atom stereocenters. The largest absolute Gasteiger partial charge is 0.493 e. The Bertz CT molecular complexity index is 1180. The molecule has 0 aliphatic rings. The lowest BCUT2D eigenvalue weighted by Crippen LogP contribution is -2.13. The summed E-state index contributed by atoms with van der Waals surface area (Å²) in [5.41, 5.74) is 1.23. The average Bonchev–Trinajstić information content (AvgIpc) is 2.79. The summed E-state index contributed by atoms with van der Waals surface area (Å²) >= 11 is 6.04. The Balaban J connectivity index is 1.81. The molecular weight excluding hydrogens is 416 g/mol. The lowest BCUT2D eigenvalue weighted by Gasteiger charge is -2.11. The molecule has 0 aliphatic carbocycles. The van der Waals surface area contributed by atoms with Gasteiger partial charge in [0.05, 0.1) is 17.7 Å². The molecule has 0 bridgehead atoms. The summed E-state index contributed by atoms with van der Waals surface area (Å²) < 4.78 is 10.7. The summed E-state index contributed by atoms with van der Waals surface area (Å²) in [5, 5.41) is 12.3. The van der Waals surface area contributed by atoms with Crippen LogP contribution in [0.3, 0.4) is 0 Å². The molecule has 0 spiro atoms. The number of carbonyl (C=O) groups excluding carboxylic acids is 2. The zero-order valence-electron chi connectivity index (χ0n) is 16.5. The van der Waals surface area contributed by atoms with Crippen molar-refractivity contribution in [2.75, 3.05) is 12.4 Å². The fraction of sp³-hybridized carbons (Fsp3) is 0.0417. The highest BCUT2D eigenvalue weighted by Gasteiger charge is 2.16. The number of nitrogens with zero attached hydrogens (tertiary/aromatic N) is 1. The number of benzene rings is 3. The van der Waals surface area contributed by atoms with E-state index in [4.69, 9.17) is 21.1 Å². The van der Waals surface area contributed by atoms with Crippen molar-refractivity contribution in [3.05, 3.63) is 94.5 Å². The topological polar surface area (TPSA) is 88.4 Å². The molecule has 0 atom stereocenters. The zero-order valence-corrected chi connectivity index (χ0v) is 17.2. The Hall–Kier alpha value is -4.08. The summed E-state index contributed by atoms with van der Waals surface area (Å²) in [5.74, 6) is -0.735. The van der Waals surface area contributed by atoms with E-state index in [1.807, 2.05) is 12.1 Å². The fourth-order valence-corrected chi connectivity index (χ4v) is 2.89. The van der Waals surface area contributed by atoms with Crippen molar-refractivity contribution in [2.24, 2.45) is 0 Å². The normalized spacial score (nSPS) is 10.7. The number of esters is 1. The monoisotopic (exact) mass is 432 g/mol. The number of rotatable bonds is 6. The summed E-state index contributed by atoms with van der Waals surface area (Å²) in [6.07, 6.45) is 1.42. The first-order valence-corrected chi connectivity index (χ1v) is 9.52. The van der Waals surface area contributed by atoms with Gasteiger partial charge in [0, 0.05) is 5.69 Å². The molecule has 0 saturated carbocycles. The molecule has 0 aromatic heterocycles. The second kappa shape index (κ2) is 10.1. The molecule has 31 heavy (non-hydrogen) atoms. The summed E-state index contributed by atoms with van der Waals surface area (Å²) in [6.45, 7) is 0. The van der Waals surface area contributed by atoms with Crippen LogP contribution in [0.2, 0.25) is 5.02 Å². The molecule has 7 heteroatoms. The molecule has 3 aromatic carbocycles. The van der Waals surface area contributed by atoms with E-state index in [9.17, 15) is 14.9 Å². The van der Waals surface area contributed by atoms with Crippen molar-refractivity contribution in [3.63, 3.8) is 0 Å². The van der Waals surface area contributed by atoms with E-state index in [2.05, 4.69) is 5.32 Å². The molecule has 1 N–H and O–H groups in total. The quantitative estimate of drug-likeness (QED) is 0.253. The minimum absolute atomic E-state index is 0.0910. The third kappa shape index (κ3) is 5.50. The molecule has 0 radical (unpaired) electrons. The van der Waals surface area contributed by atoms with Gasteiger partial charge in [-0.1, -0.05) is 48.0 Å². The minimum Gasteiger partial charge on any atom is -0.493 e. The second-order valence-electron chi connectivity index (χ2n) is 6.27. The van der Waals surface area contributed by atoms with Crippen molar-refractivity contribution in [2.45, 2.75) is 0 Å². The smallest absolute Gasteiger partial charge is 0.345 e. The SMILES string of the molecule is COc1cc(/C=C(\C#N)C(=O)Nc2ccccc2)ccc1OC(=O)c1ccccc1Cl. The van der Waals surface area contributed by atoms with Crippen LogP contribution < -0.4 is 14.8 Å². The number of nitriles is 1. The van der Waals surface area contributed by atoms with Gasteiger partial charge in [0.15, 0.2) is 11.5 Å². The maximum atomic E-state index is 12.4. The first-order valence-electron chi connectivity index (χ1n) is 9.14. The third-order valence-electron chi connectivity index (χ3n) is 4.19. The maximum Gasteiger partial charge on any atom is 0.345 e. The lowest BCUT2D eigenvalue weighted by molar-refractivity contribution is -0.112. The van der Waals surface area contributed by atoms with Crippen molar-refractivity contribution in [1.82, 2.24) is 0 Å². The van der Waals surface area contributed by atoms with Crippen LogP contribution in [-0.2, 0) is 4.79 Å². The molecule has 3 aromatic rings. The first kappa shape index (κ1) is 21.6. The first-order chi connectivity index (χ1) is 15.0. The number of methoxy groups -OCH3 is 1. The Morgan fingerprint density at radius 2 is 1.71 bits per heavy atom. The number of para-hydroxylation sites is 1. The van der Waals surface area contributed by atoms with E-state index in [0.29, 0.717) is 11.3 Å². The van der Waals surface area contributed by atoms with Crippen LogP contribution in [0.1, 0.15) is 15.9 Å². The van der Waals surface area contributed by atoms with Crippen molar-refractivity contribution in [1.29, 1.82) is 5.26 Å². The molecule has 0 heterocycles. The van der Waals surface area contributed by atoms with Gasteiger partial charge in [-0.3, -0.25) is 4.79 Å². The third-order valence-corrected chi connectivity index (χ3v) is 4.52. The van der Waals surface area contributed by atoms with Gasteiger partial charge in [0.2, 0.25) is 0 Å². The number of ether oxygens (including phenoxy) is 2. The van der Waals surface area contributed by atoms with E-state index in [1.54, 1.807) is 60.7 Å². The number of anilines is 1. The van der Waals surface area contributed by atoms with Crippen molar-refractivity contribution >= 4 is 35.2 Å². The predicted molar refractivity (Wildman–Crippen MR) is 118 cm³/mol. The van der Waals surface area contributed by atoms with E-state index in [0.717, 1.165) is 0 Å². The predicted octanol–water partition coefficient (Wildman–Crippen LogP) is 5.11. The summed E-state index contributed by atoms with van der Waals surface area (Å²) in [7, 11) is 1.42. The van der Waals surface area contributed by atoms with Gasteiger partial charge >= 0.3 is 5.97 Å². The molecule has 1 amide bonds. The summed E-state index contributed by atoms with van der Waals surface area (Å²) in [6, 6.07) is 21.9. The average molecular weight is 433 g/mol. The number of hydrogen-bond donors (Lipinski definition) is 1. The molecule has 0 saturated heterocycles. The number of carbonyl (C=O) groups is 2. The molecule has 0 fully saturated rings. The highest BCUT2D eigenvalue weighted by atomic mass is 35.5. The van der Waals surface area contributed by atoms with Crippen LogP contribution in [0.15, 0.2) is 78.4 Å². The Kier molecular flexibility index (Phi) is 7.05. The molecule has 6 nitrogen and oxygen atoms in total. The highest BCUT2D eigenvalue weighted by Crippen LogP contribution is 2.30. The van der Waals surface area contributed by atoms with Crippen molar-refractivity contribution < 1.29 is 19.1 Å². The van der Waals surface area contributed by atoms with E-state index >= 15 is 0 Å². The maximum absolute atomic E-state index is 12.4. The van der Waals surface area contributed by atoms with Crippen LogP contribution in [0.25, 0.3) is 6.08 Å². The van der Waals surface area contributed by atoms with Gasteiger partial charge in [-0.25, -0.2) is 4.79 Å². The van der Waals surface area contributed by atoms with Gasteiger partial charge in [0.1, 0.15) is 11.6 Å². The zero-order chi connectivity index (χ0) is 22.2. The van der Waals surface area contributed by atoms with E-state index in [1.165, 1.54) is 19.3 Å². The van der Waals surface area contributed by atoms with Gasteiger partial charge in [-0.2, -0.15) is 5.26 Å². The Morgan fingerprint density at radius 1 is 1.00 bits per heavy atom. The number of halogens is 1. The van der Waals surface area contributed by atoms with Crippen LogP contribution in [0.4, 0.5) is 5.69 Å². The molecule has 154 valence electrons. The lowest BCUT2D eigenvalue weighted by atomic mass is 10.1. The number of hydrogen-bond acceptors (Lipinski definition) is 5. The Morgan fingerprint density at radius 3 is 2.39 bits per heavy atom. The van der Waals surface area contributed by atoms with E-state index in [-0.39, 0.29) is 27.7 Å². The summed E-state index contributed by atoms with van der Waals surface area (Å²) in [4.78, 5) is 24.8. The van der Waals surface area contributed by atoms with Crippen LogP contribution in [0.5, 0.6) is 11.5 Å². The van der Waals surface area contributed by atoms with Gasteiger partial charge in [-0.15, -0.1) is 0 Å². The fourth-order valence-electron chi connectivity index (χ4n) is 2.68. The molecule has 0 aliphatic heterocycles. The Labute approximate surface area is 184 Å². The van der Waals surface area contributed by atoms with Crippen molar-refractivity contribution in [3.8, 4) is 17.6 Å². The van der Waals surface area contributed by atoms with E-state index < -0.39 is 11.9 Å². The van der Waals surface area contributed by atoms with Crippen LogP contribution in [0, 0.1) is 11.3 Å². The van der Waals surface area contributed by atoms with Crippen LogP contribution in [-0.4, -0.2) is 19.0 Å². The molecule has 3 rings (SSSR count). The van der Waals surface area contributed by atoms with Gasteiger partial charge < -0.3 is 14.8 Å². The van der Waals surface area contributed by atoms with Gasteiger partial charge in [0.25, 0.3) is 5.91 Å². The highest BCUT2D eigenvalue weighted by molar-refractivity contribution is 6.33. The van der Waals surface area contributed by atoms with Gasteiger partial charge in [-0.05, 0) is 48.0 Å². The molecular formula is C24H17ClN2O4. The minimum atomic E-state index is -0.632. The number of amides is 1. The standard InChI is InChI=1S/C24H17ClN2O4/c1-30-22-14-16(13-17(15-26)23(28)27-18-7-3-2-4-8-18)11-12-21(22)31-24(29)19-9-5-6-10-20(19)25/h2-14H,1H3,(H,27,28)/b17-13+.